The van der Waals surface area contributed by atoms with Gasteiger partial charge in [0.25, 0.3) is 0 Å². The molecule has 1 aliphatic rings. The van der Waals surface area contributed by atoms with Gasteiger partial charge < -0.3 is 5.73 Å². The molecule has 1 aliphatic carbocycles. The van der Waals surface area contributed by atoms with E-state index in [4.69, 9.17) is 28.9 Å². The summed E-state index contributed by atoms with van der Waals surface area (Å²) >= 11 is 11.8. The van der Waals surface area contributed by atoms with Crippen LogP contribution in [0.4, 0.5) is 0 Å². The topological polar surface area (TPSA) is 26.0 Å². The normalized spacial score (nSPS) is 19.9. The van der Waals surface area contributed by atoms with Gasteiger partial charge in [-0.25, -0.2) is 0 Å². The van der Waals surface area contributed by atoms with Crippen molar-refractivity contribution < 1.29 is 0 Å². The quantitative estimate of drug-likeness (QED) is 0.781. The summed E-state index contributed by atoms with van der Waals surface area (Å²) in [6.45, 7) is 0. The molecule has 0 aromatic heterocycles. The Hall–Kier alpha value is -0.240. The summed E-state index contributed by atoms with van der Waals surface area (Å²) in [5.41, 5.74) is 7.24. The maximum atomic E-state index is 6.30. The molecule has 0 amide bonds. The molecule has 0 spiro atoms. The van der Waals surface area contributed by atoms with Crippen LogP contribution in [0, 0.1) is 0 Å². The fourth-order valence-electron chi connectivity index (χ4n) is 2.10. The molecule has 0 unspecified atom stereocenters. The minimum atomic E-state index is -0.172. The molecule has 1 aromatic rings. The molecule has 14 heavy (non-hydrogen) atoms. The van der Waals surface area contributed by atoms with Crippen molar-refractivity contribution in [1.29, 1.82) is 0 Å². The Balaban J connectivity index is 2.36. The molecular weight excluding hydrogens is 217 g/mol. The Morgan fingerprint density at radius 1 is 1.07 bits per heavy atom. The van der Waals surface area contributed by atoms with Crippen LogP contribution in [0.1, 0.15) is 31.2 Å². The Morgan fingerprint density at radius 2 is 1.71 bits per heavy atom. The van der Waals surface area contributed by atoms with E-state index in [1.807, 2.05) is 18.2 Å². The van der Waals surface area contributed by atoms with Crippen molar-refractivity contribution in [2.45, 2.75) is 31.2 Å². The first-order valence-electron chi connectivity index (χ1n) is 4.86. The van der Waals surface area contributed by atoms with Gasteiger partial charge in [-0.2, -0.15) is 0 Å². The molecule has 0 aliphatic heterocycles. The van der Waals surface area contributed by atoms with E-state index in [0.29, 0.717) is 10.0 Å². The lowest BCUT2D eigenvalue weighted by Crippen LogP contribution is -2.32. The van der Waals surface area contributed by atoms with Gasteiger partial charge in [0, 0.05) is 5.54 Å². The van der Waals surface area contributed by atoms with E-state index in [-0.39, 0.29) is 5.54 Å². The number of rotatable bonds is 1. The molecule has 0 saturated heterocycles. The van der Waals surface area contributed by atoms with Crippen molar-refractivity contribution in [3.05, 3.63) is 33.8 Å². The summed E-state index contributed by atoms with van der Waals surface area (Å²) in [6, 6.07) is 5.71. The smallest absolute Gasteiger partial charge is 0.0595 e. The molecule has 1 fully saturated rings. The molecular formula is C11H13Cl2N. The second-order valence-corrected chi connectivity index (χ2v) is 4.81. The Bertz CT molecular complexity index is 343. The molecule has 0 heterocycles. The summed E-state index contributed by atoms with van der Waals surface area (Å²) < 4.78 is 0. The van der Waals surface area contributed by atoms with Crippen molar-refractivity contribution in [2.24, 2.45) is 5.73 Å². The predicted octanol–water partition coefficient (Wildman–Crippen LogP) is 3.72. The largest absolute Gasteiger partial charge is 0.321 e. The van der Waals surface area contributed by atoms with Gasteiger partial charge in [0.15, 0.2) is 0 Å². The summed E-state index contributed by atoms with van der Waals surface area (Å²) in [7, 11) is 0. The second-order valence-electron chi connectivity index (χ2n) is 3.99. The minimum Gasteiger partial charge on any atom is -0.321 e. The van der Waals surface area contributed by atoms with Crippen LogP contribution in [0.5, 0.6) is 0 Å². The Morgan fingerprint density at radius 3 is 2.29 bits per heavy atom. The van der Waals surface area contributed by atoms with Gasteiger partial charge in [-0.05, 0) is 30.5 Å². The number of hydrogen-bond acceptors (Lipinski definition) is 1. The van der Waals surface area contributed by atoms with Gasteiger partial charge in [-0.15, -0.1) is 0 Å². The SMILES string of the molecule is NC1(c2ccc(Cl)c(Cl)c2)CCCC1. The molecule has 2 N–H and O–H groups in total. The molecule has 76 valence electrons. The number of hydrogen-bond donors (Lipinski definition) is 1. The number of halogens is 2. The summed E-state index contributed by atoms with van der Waals surface area (Å²) in [5, 5.41) is 1.19. The van der Waals surface area contributed by atoms with E-state index in [0.717, 1.165) is 18.4 Å². The van der Waals surface area contributed by atoms with Crippen molar-refractivity contribution in [1.82, 2.24) is 0 Å². The van der Waals surface area contributed by atoms with Gasteiger partial charge in [0.1, 0.15) is 0 Å². The predicted molar refractivity (Wildman–Crippen MR) is 60.8 cm³/mol. The standard InChI is InChI=1S/C11H13Cl2N/c12-9-4-3-8(7-10(9)13)11(14)5-1-2-6-11/h3-4,7H,1-2,5-6,14H2. The van der Waals surface area contributed by atoms with Gasteiger partial charge in [-0.3, -0.25) is 0 Å². The lowest BCUT2D eigenvalue weighted by atomic mass is 9.89. The van der Waals surface area contributed by atoms with Gasteiger partial charge >= 0.3 is 0 Å². The second kappa shape index (κ2) is 3.73. The van der Waals surface area contributed by atoms with E-state index in [1.165, 1.54) is 12.8 Å². The Kier molecular flexibility index (Phi) is 2.74. The van der Waals surface area contributed by atoms with Crippen LogP contribution in [0.3, 0.4) is 0 Å². The molecule has 1 saturated carbocycles. The molecule has 1 nitrogen and oxygen atoms in total. The number of benzene rings is 1. The van der Waals surface area contributed by atoms with Crippen molar-refractivity contribution in [2.75, 3.05) is 0 Å². The van der Waals surface area contributed by atoms with Crippen molar-refractivity contribution in [3.63, 3.8) is 0 Å². The van der Waals surface area contributed by atoms with E-state index in [2.05, 4.69) is 0 Å². The molecule has 3 heteroatoms. The highest BCUT2D eigenvalue weighted by atomic mass is 35.5. The first-order valence-corrected chi connectivity index (χ1v) is 5.62. The van der Waals surface area contributed by atoms with Crippen molar-refractivity contribution >= 4 is 23.2 Å². The van der Waals surface area contributed by atoms with E-state index >= 15 is 0 Å². The zero-order chi connectivity index (χ0) is 10.2. The zero-order valence-electron chi connectivity index (χ0n) is 7.89. The van der Waals surface area contributed by atoms with Crippen LogP contribution in [0.15, 0.2) is 18.2 Å². The maximum Gasteiger partial charge on any atom is 0.0595 e. The highest BCUT2D eigenvalue weighted by molar-refractivity contribution is 6.42. The monoisotopic (exact) mass is 229 g/mol. The first-order chi connectivity index (χ1) is 6.62. The van der Waals surface area contributed by atoms with Gasteiger partial charge in [0.2, 0.25) is 0 Å². The third-order valence-corrected chi connectivity index (χ3v) is 3.73. The lowest BCUT2D eigenvalue weighted by molar-refractivity contribution is 0.462. The third kappa shape index (κ3) is 1.77. The minimum absolute atomic E-state index is 0.172. The summed E-state index contributed by atoms with van der Waals surface area (Å²) in [5.74, 6) is 0. The van der Waals surface area contributed by atoms with Crippen LogP contribution >= 0.6 is 23.2 Å². The van der Waals surface area contributed by atoms with Crippen LogP contribution < -0.4 is 5.73 Å². The molecule has 1 aromatic carbocycles. The van der Waals surface area contributed by atoms with Crippen LogP contribution in [-0.4, -0.2) is 0 Å². The molecule has 0 radical (unpaired) electrons. The summed E-state index contributed by atoms with van der Waals surface area (Å²) in [4.78, 5) is 0. The van der Waals surface area contributed by atoms with E-state index in [9.17, 15) is 0 Å². The average Bonchev–Trinajstić information content (AvgIpc) is 2.58. The van der Waals surface area contributed by atoms with Crippen molar-refractivity contribution in [3.8, 4) is 0 Å². The highest BCUT2D eigenvalue weighted by Gasteiger charge is 2.31. The van der Waals surface area contributed by atoms with Crippen LogP contribution in [0.25, 0.3) is 0 Å². The Labute approximate surface area is 94.2 Å². The fourth-order valence-corrected chi connectivity index (χ4v) is 2.40. The van der Waals surface area contributed by atoms with Crippen LogP contribution in [0.2, 0.25) is 10.0 Å². The van der Waals surface area contributed by atoms with Gasteiger partial charge in [-0.1, -0.05) is 42.1 Å². The van der Waals surface area contributed by atoms with E-state index < -0.39 is 0 Å². The average molecular weight is 230 g/mol. The molecule has 0 bridgehead atoms. The highest BCUT2D eigenvalue weighted by Crippen LogP contribution is 2.38. The fraction of sp³-hybridized carbons (Fsp3) is 0.455. The molecule has 0 atom stereocenters. The zero-order valence-corrected chi connectivity index (χ0v) is 9.41. The lowest BCUT2D eigenvalue weighted by Gasteiger charge is -2.24. The van der Waals surface area contributed by atoms with Gasteiger partial charge in [0.05, 0.1) is 10.0 Å². The van der Waals surface area contributed by atoms with Crippen LogP contribution in [-0.2, 0) is 5.54 Å². The third-order valence-electron chi connectivity index (χ3n) is 2.99. The maximum absolute atomic E-state index is 6.30. The van der Waals surface area contributed by atoms with E-state index in [1.54, 1.807) is 0 Å². The molecule has 2 rings (SSSR count). The summed E-state index contributed by atoms with van der Waals surface area (Å²) in [6.07, 6.45) is 4.50. The first kappa shape index (κ1) is 10.3. The number of nitrogens with two attached hydrogens (primary N) is 1.